The van der Waals surface area contributed by atoms with Crippen molar-refractivity contribution in [1.82, 2.24) is 14.9 Å². The van der Waals surface area contributed by atoms with Crippen molar-refractivity contribution in [3.05, 3.63) is 59.0 Å². The van der Waals surface area contributed by atoms with Gasteiger partial charge in [0.05, 0.1) is 0 Å². The molecule has 0 saturated carbocycles. The summed E-state index contributed by atoms with van der Waals surface area (Å²) < 4.78 is 2.14. The Morgan fingerprint density at radius 1 is 1.30 bits per heavy atom. The number of hydrogen-bond donors (Lipinski definition) is 2. The van der Waals surface area contributed by atoms with Gasteiger partial charge in [-0.25, -0.2) is 0 Å². The van der Waals surface area contributed by atoms with Crippen molar-refractivity contribution in [2.24, 2.45) is 7.05 Å². The van der Waals surface area contributed by atoms with E-state index in [0.29, 0.717) is 0 Å². The van der Waals surface area contributed by atoms with Crippen molar-refractivity contribution in [2.75, 3.05) is 6.54 Å². The number of aromatic nitrogens is 2. The van der Waals surface area contributed by atoms with Crippen LogP contribution in [0.2, 0.25) is 5.02 Å². The second-order valence-electron chi connectivity index (χ2n) is 5.04. The van der Waals surface area contributed by atoms with Crippen LogP contribution in [-0.4, -0.2) is 16.1 Å². The molecular weight excluding hydrogens is 270 g/mol. The number of H-pyrrole nitrogens is 1. The third-order valence-corrected chi connectivity index (χ3v) is 3.89. The van der Waals surface area contributed by atoms with E-state index in [4.69, 9.17) is 11.6 Å². The van der Waals surface area contributed by atoms with Crippen LogP contribution in [0.1, 0.15) is 11.3 Å². The Labute approximate surface area is 123 Å². The lowest BCUT2D eigenvalue weighted by Crippen LogP contribution is -2.18. The van der Waals surface area contributed by atoms with Gasteiger partial charge >= 0.3 is 0 Å². The third-order valence-electron chi connectivity index (χ3n) is 3.66. The molecule has 0 saturated heterocycles. The van der Waals surface area contributed by atoms with Gasteiger partial charge in [0, 0.05) is 47.6 Å². The first-order valence-corrected chi connectivity index (χ1v) is 7.18. The quantitative estimate of drug-likeness (QED) is 0.692. The van der Waals surface area contributed by atoms with Crippen LogP contribution in [-0.2, 0) is 20.0 Å². The first-order chi connectivity index (χ1) is 9.74. The maximum Gasteiger partial charge on any atom is 0.0457 e. The van der Waals surface area contributed by atoms with Crippen LogP contribution in [0.25, 0.3) is 10.9 Å². The molecule has 0 aliphatic rings. The van der Waals surface area contributed by atoms with Gasteiger partial charge in [-0.15, -0.1) is 0 Å². The number of fused-ring (bicyclic) bond motifs is 1. The molecule has 2 heterocycles. The molecule has 3 nitrogen and oxygen atoms in total. The van der Waals surface area contributed by atoms with Gasteiger partial charge < -0.3 is 14.9 Å². The van der Waals surface area contributed by atoms with Gasteiger partial charge in [-0.05, 0) is 48.9 Å². The summed E-state index contributed by atoms with van der Waals surface area (Å²) in [5.41, 5.74) is 3.75. The molecule has 0 unspecified atom stereocenters. The highest BCUT2D eigenvalue weighted by molar-refractivity contribution is 6.31. The minimum Gasteiger partial charge on any atom is -0.361 e. The zero-order valence-corrected chi connectivity index (χ0v) is 12.2. The van der Waals surface area contributed by atoms with E-state index in [1.54, 1.807) is 0 Å². The fraction of sp³-hybridized carbons (Fsp3) is 0.250. The van der Waals surface area contributed by atoms with Gasteiger partial charge in [-0.1, -0.05) is 11.6 Å². The SMILES string of the molecule is Cn1cccc1CNCCc1c[nH]c2ccc(Cl)cc12. The molecule has 3 aromatic rings. The molecule has 1 aromatic carbocycles. The zero-order valence-electron chi connectivity index (χ0n) is 11.5. The van der Waals surface area contributed by atoms with Crippen LogP contribution >= 0.6 is 11.6 Å². The summed E-state index contributed by atoms with van der Waals surface area (Å²) >= 11 is 6.06. The van der Waals surface area contributed by atoms with Crippen molar-refractivity contribution < 1.29 is 0 Å². The molecule has 0 amide bonds. The van der Waals surface area contributed by atoms with E-state index in [1.165, 1.54) is 16.6 Å². The number of nitrogens with zero attached hydrogens (tertiary/aromatic N) is 1. The van der Waals surface area contributed by atoms with Gasteiger partial charge in [0.25, 0.3) is 0 Å². The highest BCUT2D eigenvalue weighted by Gasteiger charge is 2.04. The second kappa shape index (κ2) is 5.73. The van der Waals surface area contributed by atoms with Crippen LogP contribution in [0.3, 0.4) is 0 Å². The topological polar surface area (TPSA) is 32.8 Å². The Balaban J connectivity index is 1.60. The van der Waals surface area contributed by atoms with E-state index in [2.05, 4.69) is 46.4 Å². The Morgan fingerprint density at radius 2 is 2.20 bits per heavy atom. The summed E-state index contributed by atoms with van der Waals surface area (Å²) in [4.78, 5) is 3.29. The molecule has 0 fully saturated rings. The number of hydrogen-bond acceptors (Lipinski definition) is 1. The molecule has 0 spiro atoms. The van der Waals surface area contributed by atoms with Crippen LogP contribution in [0.5, 0.6) is 0 Å². The van der Waals surface area contributed by atoms with Gasteiger partial charge in [0.2, 0.25) is 0 Å². The van der Waals surface area contributed by atoms with Crippen LogP contribution in [0.15, 0.2) is 42.7 Å². The predicted octanol–water partition coefficient (Wildman–Crippen LogP) is 3.49. The highest BCUT2D eigenvalue weighted by Crippen LogP contribution is 2.22. The number of benzene rings is 1. The van der Waals surface area contributed by atoms with Crippen molar-refractivity contribution in [2.45, 2.75) is 13.0 Å². The van der Waals surface area contributed by atoms with Gasteiger partial charge in [0.1, 0.15) is 0 Å². The number of nitrogens with one attached hydrogen (secondary N) is 2. The number of aromatic amines is 1. The van der Waals surface area contributed by atoms with E-state index in [0.717, 1.165) is 30.0 Å². The lowest BCUT2D eigenvalue weighted by molar-refractivity contribution is 0.654. The van der Waals surface area contributed by atoms with Gasteiger partial charge in [0.15, 0.2) is 0 Å². The predicted molar refractivity (Wildman–Crippen MR) is 84.1 cm³/mol. The van der Waals surface area contributed by atoms with Crippen molar-refractivity contribution >= 4 is 22.5 Å². The Kier molecular flexibility index (Phi) is 3.81. The molecule has 3 rings (SSSR count). The first kappa shape index (κ1) is 13.3. The fourth-order valence-corrected chi connectivity index (χ4v) is 2.65. The lowest BCUT2D eigenvalue weighted by atomic mass is 10.1. The minimum atomic E-state index is 0.787. The summed E-state index contributed by atoms with van der Waals surface area (Å²) in [5, 5.41) is 5.49. The number of halogens is 1. The Morgan fingerprint density at radius 3 is 3.00 bits per heavy atom. The molecule has 0 atom stereocenters. The summed E-state index contributed by atoms with van der Waals surface area (Å²) in [6.45, 7) is 1.84. The zero-order chi connectivity index (χ0) is 13.9. The summed E-state index contributed by atoms with van der Waals surface area (Å²) in [6.07, 6.45) is 5.13. The molecule has 0 radical (unpaired) electrons. The standard InChI is InChI=1S/C16H18ClN3/c1-20-8-2-3-14(20)11-18-7-6-12-10-19-16-5-4-13(17)9-15(12)16/h2-5,8-10,18-19H,6-7,11H2,1H3. The largest absolute Gasteiger partial charge is 0.361 e. The van der Waals surface area contributed by atoms with Gasteiger partial charge in [-0.2, -0.15) is 0 Å². The molecule has 104 valence electrons. The van der Waals surface area contributed by atoms with Crippen molar-refractivity contribution in [3.8, 4) is 0 Å². The van der Waals surface area contributed by atoms with Gasteiger partial charge in [-0.3, -0.25) is 0 Å². The van der Waals surface area contributed by atoms with E-state index < -0.39 is 0 Å². The molecule has 2 N–H and O–H groups in total. The van der Waals surface area contributed by atoms with Crippen LogP contribution in [0.4, 0.5) is 0 Å². The molecule has 0 aliphatic carbocycles. The Hall–Kier alpha value is -1.71. The second-order valence-corrected chi connectivity index (χ2v) is 5.48. The van der Waals surface area contributed by atoms with E-state index in [9.17, 15) is 0 Å². The highest BCUT2D eigenvalue weighted by atomic mass is 35.5. The number of rotatable bonds is 5. The van der Waals surface area contributed by atoms with E-state index >= 15 is 0 Å². The average Bonchev–Trinajstić information content (AvgIpc) is 3.01. The lowest BCUT2D eigenvalue weighted by Gasteiger charge is -2.06. The minimum absolute atomic E-state index is 0.787. The number of aryl methyl sites for hydroxylation is 1. The summed E-state index contributed by atoms with van der Waals surface area (Å²) in [7, 11) is 2.07. The molecular formula is C16H18ClN3. The van der Waals surface area contributed by atoms with Crippen molar-refractivity contribution in [1.29, 1.82) is 0 Å². The summed E-state index contributed by atoms with van der Waals surface area (Å²) in [5.74, 6) is 0. The van der Waals surface area contributed by atoms with Crippen LogP contribution in [0, 0.1) is 0 Å². The fourth-order valence-electron chi connectivity index (χ4n) is 2.48. The molecule has 0 bridgehead atoms. The van der Waals surface area contributed by atoms with E-state index in [1.807, 2.05) is 18.2 Å². The monoisotopic (exact) mass is 287 g/mol. The average molecular weight is 288 g/mol. The first-order valence-electron chi connectivity index (χ1n) is 6.80. The van der Waals surface area contributed by atoms with Crippen molar-refractivity contribution in [3.63, 3.8) is 0 Å². The molecule has 20 heavy (non-hydrogen) atoms. The molecule has 0 aliphatic heterocycles. The maximum atomic E-state index is 6.06. The smallest absolute Gasteiger partial charge is 0.0457 e. The molecule has 2 aromatic heterocycles. The maximum absolute atomic E-state index is 6.06. The summed E-state index contributed by atoms with van der Waals surface area (Å²) in [6, 6.07) is 10.2. The normalized spacial score (nSPS) is 11.3. The Bertz CT molecular complexity index is 711. The van der Waals surface area contributed by atoms with Crippen LogP contribution < -0.4 is 5.32 Å². The van der Waals surface area contributed by atoms with E-state index in [-0.39, 0.29) is 0 Å². The molecule has 4 heteroatoms. The third kappa shape index (κ3) is 2.74.